The molecule has 0 aromatic heterocycles. The Morgan fingerprint density at radius 1 is 1.26 bits per heavy atom. The molecule has 0 saturated heterocycles. The van der Waals surface area contributed by atoms with Crippen LogP contribution in [0.3, 0.4) is 0 Å². The number of carbonyl (C=O) groups excluding carboxylic acids is 1. The predicted molar refractivity (Wildman–Crippen MR) is 75.6 cm³/mol. The van der Waals surface area contributed by atoms with E-state index in [2.05, 4.69) is 5.32 Å². The number of ether oxygens (including phenoxy) is 1. The van der Waals surface area contributed by atoms with Crippen LogP contribution in [0.15, 0.2) is 0 Å². The van der Waals surface area contributed by atoms with Crippen molar-refractivity contribution in [2.24, 2.45) is 0 Å². The lowest BCUT2D eigenvalue weighted by Crippen LogP contribution is -2.40. The third kappa shape index (κ3) is 9.72. The second-order valence-electron chi connectivity index (χ2n) is 5.44. The van der Waals surface area contributed by atoms with Gasteiger partial charge in [0.25, 0.3) is 0 Å². The molecule has 0 bridgehead atoms. The van der Waals surface area contributed by atoms with E-state index in [4.69, 9.17) is 4.74 Å². The minimum atomic E-state index is -3.23. The van der Waals surface area contributed by atoms with Crippen LogP contribution in [-0.4, -0.2) is 50.3 Å². The molecule has 0 fully saturated rings. The van der Waals surface area contributed by atoms with Gasteiger partial charge in [0.15, 0.2) is 0 Å². The number of amides is 1. The number of carbonyl (C=O) groups is 1. The van der Waals surface area contributed by atoms with Crippen molar-refractivity contribution in [3.8, 4) is 0 Å². The molecule has 0 rings (SSSR count). The SMILES string of the molecule is CCCCN(CCNC(=O)OC(C)(C)C)S(C)(=O)=O. The highest BCUT2D eigenvalue weighted by Gasteiger charge is 2.18. The van der Waals surface area contributed by atoms with Crippen LogP contribution in [0.5, 0.6) is 0 Å². The smallest absolute Gasteiger partial charge is 0.407 e. The average molecular weight is 294 g/mol. The van der Waals surface area contributed by atoms with Gasteiger partial charge < -0.3 is 10.1 Å². The van der Waals surface area contributed by atoms with E-state index in [-0.39, 0.29) is 13.1 Å². The Kier molecular flexibility index (Phi) is 7.36. The van der Waals surface area contributed by atoms with Crippen molar-refractivity contribution < 1.29 is 17.9 Å². The van der Waals surface area contributed by atoms with Crippen molar-refractivity contribution in [2.75, 3.05) is 25.9 Å². The van der Waals surface area contributed by atoms with Crippen LogP contribution in [-0.2, 0) is 14.8 Å². The number of nitrogens with zero attached hydrogens (tertiary/aromatic N) is 1. The Labute approximate surface area is 116 Å². The van der Waals surface area contributed by atoms with E-state index in [1.165, 1.54) is 10.6 Å². The third-order valence-corrected chi connectivity index (χ3v) is 3.56. The molecule has 0 aliphatic heterocycles. The van der Waals surface area contributed by atoms with Crippen LogP contribution in [0, 0.1) is 0 Å². The zero-order chi connectivity index (χ0) is 15.1. The molecular weight excluding hydrogens is 268 g/mol. The van der Waals surface area contributed by atoms with Gasteiger partial charge in [0.05, 0.1) is 6.26 Å². The van der Waals surface area contributed by atoms with Gasteiger partial charge >= 0.3 is 6.09 Å². The first-order valence-electron chi connectivity index (χ1n) is 6.48. The summed E-state index contributed by atoms with van der Waals surface area (Å²) in [7, 11) is -3.23. The van der Waals surface area contributed by atoms with Gasteiger partial charge in [-0.25, -0.2) is 17.5 Å². The van der Waals surface area contributed by atoms with Crippen molar-refractivity contribution in [3.63, 3.8) is 0 Å². The number of nitrogens with one attached hydrogen (secondary N) is 1. The Balaban J connectivity index is 4.17. The van der Waals surface area contributed by atoms with Gasteiger partial charge in [0.1, 0.15) is 5.60 Å². The fourth-order valence-electron chi connectivity index (χ4n) is 1.37. The van der Waals surface area contributed by atoms with E-state index in [9.17, 15) is 13.2 Å². The number of sulfonamides is 1. The van der Waals surface area contributed by atoms with E-state index in [1.54, 1.807) is 20.8 Å². The summed E-state index contributed by atoms with van der Waals surface area (Å²) in [6.45, 7) is 8.30. The van der Waals surface area contributed by atoms with Gasteiger partial charge in [-0.3, -0.25) is 0 Å². The molecule has 0 aliphatic rings. The first-order chi connectivity index (χ1) is 8.56. The van der Waals surface area contributed by atoms with Crippen LogP contribution < -0.4 is 5.32 Å². The molecule has 0 spiro atoms. The largest absolute Gasteiger partial charge is 0.444 e. The van der Waals surface area contributed by atoms with Gasteiger partial charge in [-0.2, -0.15) is 0 Å². The Hall–Kier alpha value is -0.820. The van der Waals surface area contributed by atoms with E-state index >= 15 is 0 Å². The molecule has 0 heterocycles. The molecule has 6 nitrogen and oxygen atoms in total. The van der Waals surface area contributed by atoms with Crippen molar-refractivity contribution in [3.05, 3.63) is 0 Å². The zero-order valence-electron chi connectivity index (χ0n) is 12.5. The lowest BCUT2D eigenvalue weighted by Gasteiger charge is -2.22. The van der Waals surface area contributed by atoms with Crippen LogP contribution in [0.25, 0.3) is 0 Å². The summed E-state index contributed by atoms with van der Waals surface area (Å²) in [4.78, 5) is 11.4. The van der Waals surface area contributed by atoms with Crippen molar-refractivity contribution in [1.82, 2.24) is 9.62 Å². The summed E-state index contributed by atoms with van der Waals surface area (Å²) in [5, 5.41) is 2.55. The van der Waals surface area contributed by atoms with Gasteiger partial charge in [0, 0.05) is 19.6 Å². The molecule has 19 heavy (non-hydrogen) atoms. The highest BCUT2D eigenvalue weighted by atomic mass is 32.2. The maximum Gasteiger partial charge on any atom is 0.407 e. The topological polar surface area (TPSA) is 75.7 Å². The zero-order valence-corrected chi connectivity index (χ0v) is 13.3. The molecule has 1 N–H and O–H groups in total. The Morgan fingerprint density at radius 3 is 2.26 bits per heavy atom. The first-order valence-corrected chi connectivity index (χ1v) is 8.33. The fourth-order valence-corrected chi connectivity index (χ4v) is 2.26. The third-order valence-electron chi connectivity index (χ3n) is 2.26. The van der Waals surface area contributed by atoms with Gasteiger partial charge in [0.2, 0.25) is 10.0 Å². The van der Waals surface area contributed by atoms with Gasteiger partial charge in [-0.1, -0.05) is 13.3 Å². The molecule has 0 saturated carbocycles. The van der Waals surface area contributed by atoms with E-state index in [0.717, 1.165) is 12.8 Å². The molecule has 1 amide bonds. The maximum atomic E-state index is 11.5. The summed E-state index contributed by atoms with van der Waals surface area (Å²) in [6, 6.07) is 0. The number of rotatable bonds is 7. The van der Waals surface area contributed by atoms with Gasteiger partial charge in [-0.15, -0.1) is 0 Å². The second kappa shape index (κ2) is 7.69. The van der Waals surface area contributed by atoms with Crippen molar-refractivity contribution in [1.29, 1.82) is 0 Å². The monoisotopic (exact) mass is 294 g/mol. The maximum absolute atomic E-state index is 11.5. The summed E-state index contributed by atoms with van der Waals surface area (Å²) in [6.07, 6.45) is 2.37. The number of alkyl carbamates (subject to hydrolysis) is 1. The lowest BCUT2D eigenvalue weighted by atomic mass is 10.2. The van der Waals surface area contributed by atoms with E-state index in [1.807, 2.05) is 6.92 Å². The molecule has 7 heteroatoms. The normalized spacial score (nSPS) is 12.5. The molecule has 0 aliphatic carbocycles. The summed E-state index contributed by atoms with van der Waals surface area (Å²) < 4.78 is 29.5. The van der Waals surface area contributed by atoms with Crippen molar-refractivity contribution in [2.45, 2.75) is 46.1 Å². The summed E-state index contributed by atoms with van der Waals surface area (Å²) in [5.41, 5.74) is -0.553. The highest BCUT2D eigenvalue weighted by molar-refractivity contribution is 7.88. The molecule has 0 unspecified atom stereocenters. The fraction of sp³-hybridized carbons (Fsp3) is 0.917. The first kappa shape index (κ1) is 18.2. The average Bonchev–Trinajstić information content (AvgIpc) is 2.18. The molecule has 0 radical (unpaired) electrons. The predicted octanol–water partition coefficient (Wildman–Crippen LogP) is 1.57. The summed E-state index contributed by atoms with van der Waals surface area (Å²) >= 11 is 0. The number of hydrogen-bond acceptors (Lipinski definition) is 4. The molecule has 0 atom stereocenters. The van der Waals surface area contributed by atoms with Crippen LogP contribution in [0.4, 0.5) is 4.79 Å². The van der Waals surface area contributed by atoms with Gasteiger partial charge in [-0.05, 0) is 27.2 Å². The van der Waals surface area contributed by atoms with E-state index < -0.39 is 21.7 Å². The second-order valence-corrected chi connectivity index (χ2v) is 7.43. The van der Waals surface area contributed by atoms with Crippen molar-refractivity contribution >= 4 is 16.1 Å². The molecule has 114 valence electrons. The van der Waals surface area contributed by atoms with Crippen LogP contribution in [0.1, 0.15) is 40.5 Å². The quantitative estimate of drug-likeness (QED) is 0.773. The van der Waals surface area contributed by atoms with E-state index in [0.29, 0.717) is 6.54 Å². The molecule has 0 aromatic rings. The van der Waals surface area contributed by atoms with Crippen LogP contribution >= 0.6 is 0 Å². The number of hydrogen-bond donors (Lipinski definition) is 1. The Bertz CT molecular complexity index is 374. The van der Waals surface area contributed by atoms with Crippen LogP contribution in [0.2, 0.25) is 0 Å². The standard InChI is InChI=1S/C12H26N2O4S/c1-6-7-9-14(19(5,16)17)10-8-13-11(15)18-12(2,3)4/h6-10H2,1-5H3,(H,13,15). The lowest BCUT2D eigenvalue weighted by molar-refractivity contribution is 0.0525. The number of unbranched alkanes of at least 4 members (excludes halogenated alkanes) is 1. The molecular formula is C12H26N2O4S. The summed E-state index contributed by atoms with van der Waals surface area (Å²) in [5.74, 6) is 0. The Morgan fingerprint density at radius 2 is 1.84 bits per heavy atom. The molecule has 0 aromatic carbocycles. The highest BCUT2D eigenvalue weighted by Crippen LogP contribution is 2.06. The minimum Gasteiger partial charge on any atom is -0.444 e. The minimum absolute atomic E-state index is 0.242.